The molecule has 0 unspecified atom stereocenters. The molecule has 13 heteroatoms. The van der Waals surface area contributed by atoms with Crippen LogP contribution in [0, 0.1) is 0 Å². The Balaban J connectivity index is 2.56. The van der Waals surface area contributed by atoms with Crippen molar-refractivity contribution in [1.29, 1.82) is 0 Å². The minimum atomic E-state index is -5.08. The molecule has 2 aromatic rings. The third kappa shape index (κ3) is 5.37. The molecule has 148 valence electrons. The van der Waals surface area contributed by atoms with Gasteiger partial charge in [0.15, 0.2) is 12.3 Å². The quantitative estimate of drug-likeness (QED) is 0.769. The maximum Gasteiger partial charge on any atom is 0.433 e. The number of H-pyrrole nitrogens is 1. The van der Waals surface area contributed by atoms with Crippen molar-refractivity contribution in [2.75, 3.05) is 6.61 Å². The molecule has 0 bridgehead atoms. The molecule has 0 radical (unpaired) electrons. The first-order valence-corrected chi connectivity index (χ1v) is 6.76. The number of hydrogen-bond acceptors (Lipinski definition) is 3. The van der Waals surface area contributed by atoms with E-state index in [0.29, 0.717) is 24.3 Å². The molecule has 0 spiro atoms. The normalized spacial score (nSPS) is 12.9. The van der Waals surface area contributed by atoms with Crippen LogP contribution in [-0.2, 0) is 12.4 Å². The van der Waals surface area contributed by atoms with Gasteiger partial charge >= 0.3 is 24.2 Å². The Morgan fingerprint density at radius 3 is 2.07 bits per heavy atom. The SMILES string of the molecule is O=c1nc(C(F)(F)F)cc(-c2ccc(C(F)(F)F)c(OCC(F)(F)F)c2)[nH]1. The van der Waals surface area contributed by atoms with Gasteiger partial charge in [0.2, 0.25) is 0 Å². The predicted octanol–water partition coefficient (Wildman–Crippen LogP) is 4.42. The lowest BCUT2D eigenvalue weighted by atomic mass is 10.1. The molecule has 1 N–H and O–H groups in total. The molecule has 0 aliphatic rings. The number of ether oxygens (including phenoxy) is 1. The maximum absolute atomic E-state index is 12.9. The highest BCUT2D eigenvalue weighted by Gasteiger charge is 2.37. The molecule has 0 amide bonds. The Morgan fingerprint density at radius 1 is 0.926 bits per heavy atom. The number of aromatic amines is 1. The fourth-order valence-corrected chi connectivity index (χ4v) is 1.96. The van der Waals surface area contributed by atoms with Gasteiger partial charge in [-0.25, -0.2) is 4.79 Å². The van der Waals surface area contributed by atoms with Crippen molar-refractivity contribution in [2.24, 2.45) is 0 Å². The Bertz CT molecular complexity index is 882. The third-order valence-electron chi connectivity index (χ3n) is 3.02. The van der Waals surface area contributed by atoms with E-state index in [1.54, 1.807) is 0 Å². The van der Waals surface area contributed by atoms with Crippen molar-refractivity contribution in [1.82, 2.24) is 9.97 Å². The molecule has 2 rings (SSSR count). The van der Waals surface area contributed by atoms with E-state index in [2.05, 4.69) is 9.72 Å². The van der Waals surface area contributed by atoms with Crippen LogP contribution >= 0.6 is 0 Å². The smallest absolute Gasteiger partial charge is 0.433 e. The highest BCUT2D eigenvalue weighted by Crippen LogP contribution is 2.39. The number of nitrogens with zero attached hydrogens (tertiary/aromatic N) is 1. The molecular weight excluding hydrogens is 399 g/mol. The van der Waals surface area contributed by atoms with E-state index in [1.165, 1.54) is 0 Å². The van der Waals surface area contributed by atoms with Crippen LogP contribution in [0.4, 0.5) is 39.5 Å². The Kier molecular flexibility index (Phi) is 5.16. The zero-order chi connectivity index (χ0) is 20.6. The predicted molar refractivity (Wildman–Crippen MR) is 71.8 cm³/mol. The van der Waals surface area contributed by atoms with Crippen molar-refractivity contribution >= 4 is 0 Å². The van der Waals surface area contributed by atoms with Crippen molar-refractivity contribution < 1.29 is 44.3 Å². The molecule has 0 aliphatic carbocycles. The second-order valence-electron chi connectivity index (χ2n) is 5.10. The van der Waals surface area contributed by atoms with Gasteiger partial charge in [0.25, 0.3) is 0 Å². The number of nitrogens with one attached hydrogen (secondary N) is 1. The molecule has 0 saturated heterocycles. The minimum absolute atomic E-state index is 0.326. The summed E-state index contributed by atoms with van der Waals surface area (Å²) in [6.45, 7) is -2.06. The highest BCUT2D eigenvalue weighted by atomic mass is 19.4. The summed E-state index contributed by atoms with van der Waals surface area (Å²) in [5.74, 6) is -1.26. The first-order valence-electron chi connectivity index (χ1n) is 6.76. The second kappa shape index (κ2) is 6.78. The van der Waals surface area contributed by atoms with Gasteiger partial charge in [0.1, 0.15) is 5.75 Å². The van der Waals surface area contributed by atoms with Crippen LogP contribution in [0.2, 0.25) is 0 Å². The molecule has 0 atom stereocenters. The van der Waals surface area contributed by atoms with Crippen LogP contribution in [0.1, 0.15) is 11.3 Å². The number of hydrogen-bond donors (Lipinski definition) is 1. The zero-order valence-corrected chi connectivity index (χ0v) is 12.7. The van der Waals surface area contributed by atoms with E-state index in [-0.39, 0.29) is 0 Å². The average molecular weight is 406 g/mol. The molecule has 1 heterocycles. The summed E-state index contributed by atoms with van der Waals surface area (Å²) >= 11 is 0. The molecule has 0 fully saturated rings. The Labute approximate surface area is 143 Å². The summed E-state index contributed by atoms with van der Waals surface area (Å²) < 4.78 is 118. The van der Waals surface area contributed by atoms with Crippen molar-refractivity contribution in [3.63, 3.8) is 0 Å². The summed E-state index contributed by atoms with van der Waals surface area (Å²) in [6.07, 6.45) is -15.1. The van der Waals surface area contributed by atoms with Gasteiger partial charge in [-0.3, -0.25) is 0 Å². The van der Waals surface area contributed by atoms with Crippen LogP contribution in [0.15, 0.2) is 29.1 Å². The van der Waals surface area contributed by atoms with Gasteiger partial charge in [-0.05, 0) is 18.2 Å². The Hall–Kier alpha value is -2.73. The topological polar surface area (TPSA) is 55.0 Å². The lowest BCUT2D eigenvalue weighted by Gasteiger charge is -2.16. The van der Waals surface area contributed by atoms with E-state index in [9.17, 15) is 44.3 Å². The van der Waals surface area contributed by atoms with Crippen molar-refractivity contribution in [3.05, 3.63) is 46.0 Å². The zero-order valence-electron chi connectivity index (χ0n) is 12.7. The molecular formula is C14H7F9N2O2. The molecule has 0 aliphatic heterocycles. The van der Waals surface area contributed by atoms with E-state index in [4.69, 9.17) is 0 Å². The largest absolute Gasteiger partial charge is 0.483 e. The second-order valence-corrected chi connectivity index (χ2v) is 5.10. The average Bonchev–Trinajstić information content (AvgIpc) is 2.49. The number of aromatic nitrogens is 2. The lowest BCUT2D eigenvalue weighted by molar-refractivity contribution is -0.158. The van der Waals surface area contributed by atoms with Gasteiger partial charge in [0, 0.05) is 5.56 Å². The van der Waals surface area contributed by atoms with Crippen LogP contribution < -0.4 is 10.4 Å². The van der Waals surface area contributed by atoms with Crippen molar-refractivity contribution in [2.45, 2.75) is 18.5 Å². The number of alkyl halides is 9. The number of benzene rings is 1. The van der Waals surface area contributed by atoms with Crippen LogP contribution in [0.25, 0.3) is 11.3 Å². The first kappa shape index (κ1) is 20.6. The summed E-state index contributed by atoms with van der Waals surface area (Å²) in [5, 5.41) is 0. The molecule has 27 heavy (non-hydrogen) atoms. The molecule has 4 nitrogen and oxygen atoms in total. The lowest BCUT2D eigenvalue weighted by Crippen LogP contribution is -2.21. The first-order chi connectivity index (χ1) is 12.2. The number of rotatable bonds is 3. The fraction of sp³-hybridized carbons (Fsp3) is 0.286. The standard InChI is InChI=1S/C14H7F9N2O2/c15-12(16,17)5-27-9-3-6(1-2-7(9)13(18,19)20)8-4-10(14(21,22)23)25-11(26)24-8/h1-4H,5H2,(H,24,25,26). The van der Waals surface area contributed by atoms with E-state index in [1.807, 2.05) is 4.98 Å². The van der Waals surface area contributed by atoms with Gasteiger partial charge in [-0.15, -0.1) is 0 Å². The molecule has 0 saturated carbocycles. The van der Waals surface area contributed by atoms with E-state index in [0.717, 1.165) is 0 Å². The van der Waals surface area contributed by atoms with Gasteiger partial charge in [-0.2, -0.15) is 44.5 Å². The highest BCUT2D eigenvalue weighted by molar-refractivity contribution is 5.63. The summed E-state index contributed by atoms with van der Waals surface area (Å²) in [5.41, 5.74) is -5.68. The van der Waals surface area contributed by atoms with Crippen LogP contribution in [-0.4, -0.2) is 22.8 Å². The fourth-order valence-electron chi connectivity index (χ4n) is 1.96. The third-order valence-corrected chi connectivity index (χ3v) is 3.02. The van der Waals surface area contributed by atoms with Gasteiger partial charge < -0.3 is 9.72 Å². The summed E-state index contributed by atoms with van der Waals surface area (Å²) in [7, 11) is 0. The summed E-state index contributed by atoms with van der Waals surface area (Å²) in [6, 6.07) is 1.78. The monoisotopic (exact) mass is 406 g/mol. The maximum atomic E-state index is 12.9. The molecule has 1 aromatic heterocycles. The van der Waals surface area contributed by atoms with Gasteiger partial charge in [-0.1, -0.05) is 6.07 Å². The minimum Gasteiger partial charge on any atom is -0.483 e. The molecule has 1 aromatic carbocycles. The Morgan fingerprint density at radius 2 is 1.56 bits per heavy atom. The number of halogens is 9. The van der Waals surface area contributed by atoms with E-state index < -0.39 is 59.1 Å². The van der Waals surface area contributed by atoms with Crippen LogP contribution in [0.3, 0.4) is 0 Å². The van der Waals surface area contributed by atoms with Crippen molar-refractivity contribution in [3.8, 4) is 17.0 Å². The van der Waals surface area contributed by atoms with E-state index >= 15 is 0 Å². The van der Waals surface area contributed by atoms with Gasteiger partial charge in [0.05, 0.1) is 11.3 Å². The summed E-state index contributed by atoms with van der Waals surface area (Å²) in [4.78, 5) is 15.8. The van der Waals surface area contributed by atoms with Crippen LogP contribution in [0.5, 0.6) is 5.75 Å².